The number of hydrogen-bond acceptors (Lipinski definition) is 3. The van der Waals surface area contributed by atoms with Crippen LogP contribution >= 0.6 is 0 Å². The molecule has 2 aromatic rings. The van der Waals surface area contributed by atoms with Crippen molar-refractivity contribution in [1.29, 1.82) is 0 Å². The van der Waals surface area contributed by atoms with Gasteiger partial charge in [-0.1, -0.05) is 0 Å². The molecule has 2 rings (SSSR count). The highest BCUT2D eigenvalue weighted by molar-refractivity contribution is 5.99. The monoisotopic (exact) mass is 204 g/mol. The number of hydrogen-bond donors (Lipinski definition) is 1. The lowest BCUT2D eigenvalue weighted by Gasteiger charge is -1.93. The second-order valence-electron chi connectivity index (χ2n) is 3.22. The van der Waals surface area contributed by atoms with Crippen LogP contribution in [0.2, 0.25) is 0 Å². The van der Waals surface area contributed by atoms with Gasteiger partial charge in [-0.25, -0.2) is 4.79 Å². The Labute approximate surface area is 85.1 Å². The fourth-order valence-corrected chi connectivity index (χ4v) is 1.37. The van der Waals surface area contributed by atoms with Crippen LogP contribution in [-0.4, -0.2) is 16.9 Å². The molecule has 0 aliphatic heterocycles. The van der Waals surface area contributed by atoms with Crippen LogP contribution in [0.15, 0.2) is 28.7 Å². The number of carboxylic acid groups (broad SMARTS) is 1. The van der Waals surface area contributed by atoms with E-state index in [-0.39, 0.29) is 11.5 Å². The van der Waals surface area contributed by atoms with Crippen molar-refractivity contribution >= 4 is 22.7 Å². The molecule has 4 nitrogen and oxygen atoms in total. The minimum Gasteiger partial charge on any atom is -0.475 e. The topological polar surface area (TPSA) is 67.5 Å². The van der Waals surface area contributed by atoms with Crippen molar-refractivity contribution in [3.63, 3.8) is 0 Å². The summed E-state index contributed by atoms with van der Waals surface area (Å²) in [6.45, 7) is 1.46. The first-order valence-corrected chi connectivity index (χ1v) is 4.36. The van der Waals surface area contributed by atoms with E-state index in [9.17, 15) is 9.59 Å². The Bertz CT molecular complexity index is 539. The molecule has 0 saturated carbocycles. The van der Waals surface area contributed by atoms with Crippen molar-refractivity contribution in [1.82, 2.24) is 0 Å². The molecule has 4 heteroatoms. The van der Waals surface area contributed by atoms with Gasteiger partial charge in [0.2, 0.25) is 5.76 Å². The summed E-state index contributed by atoms with van der Waals surface area (Å²) in [6, 6.07) is 6.23. The van der Waals surface area contributed by atoms with Crippen molar-refractivity contribution in [3.8, 4) is 0 Å². The SMILES string of the molecule is CC(=O)c1ccc2oc(C(=O)O)cc2c1. The molecule has 1 aromatic heterocycles. The van der Waals surface area contributed by atoms with Crippen molar-refractivity contribution in [2.75, 3.05) is 0 Å². The van der Waals surface area contributed by atoms with Gasteiger partial charge in [0.05, 0.1) is 0 Å². The van der Waals surface area contributed by atoms with Crippen molar-refractivity contribution in [2.45, 2.75) is 6.92 Å². The second-order valence-corrected chi connectivity index (χ2v) is 3.22. The number of ketones is 1. The average molecular weight is 204 g/mol. The molecule has 0 spiro atoms. The van der Waals surface area contributed by atoms with Crippen LogP contribution in [-0.2, 0) is 0 Å². The van der Waals surface area contributed by atoms with Gasteiger partial charge in [-0.05, 0) is 31.2 Å². The van der Waals surface area contributed by atoms with E-state index in [0.717, 1.165) is 0 Å². The molecule has 0 bridgehead atoms. The molecule has 76 valence electrons. The Balaban J connectivity index is 2.62. The average Bonchev–Trinajstić information content (AvgIpc) is 2.59. The summed E-state index contributed by atoms with van der Waals surface area (Å²) < 4.78 is 5.05. The maximum Gasteiger partial charge on any atom is 0.371 e. The largest absolute Gasteiger partial charge is 0.475 e. The van der Waals surface area contributed by atoms with Gasteiger partial charge in [0.1, 0.15) is 5.58 Å². The van der Waals surface area contributed by atoms with Crippen molar-refractivity contribution < 1.29 is 19.1 Å². The Morgan fingerprint density at radius 2 is 2.00 bits per heavy atom. The summed E-state index contributed by atoms with van der Waals surface area (Å²) in [6.07, 6.45) is 0. The molecule has 15 heavy (non-hydrogen) atoms. The normalized spacial score (nSPS) is 10.5. The van der Waals surface area contributed by atoms with Gasteiger partial charge in [-0.15, -0.1) is 0 Å². The Morgan fingerprint density at radius 1 is 1.27 bits per heavy atom. The van der Waals surface area contributed by atoms with Gasteiger partial charge in [0.25, 0.3) is 0 Å². The van der Waals surface area contributed by atoms with E-state index in [1.807, 2.05) is 0 Å². The Morgan fingerprint density at radius 3 is 2.60 bits per heavy atom. The molecule has 0 radical (unpaired) electrons. The van der Waals surface area contributed by atoms with Gasteiger partial charge < -0.3 is 9.52 Å². The minimum absolute atomic E-state index is 0.0602. The van der Waals surface area contributed by atoms with Crippen LogP contribution in [0.1, 0.15) is 27.8 Å². The lowest BCUT2D eigenvalue weighted by atomic mass is 10.1. The number of benzene rings is 1. The van der Waals surface area contributed by atoms with Gasteiger partial charge in [0, 0.05) is 10.9 Å². The first-order chi connectivity index (χ1) is 7.08. The van der Waals surface area contributed by atoms with E-state index in [4.69, 9.17) is 9.52 Å². The predicted octanol–water partition coefficient (Wildman–Crippen LogP) is 2.33. The molecule has 0 aliphatic carbocycles. The first-order valence-electron chi connectivity index (χ1n) is 4.36. The molecule has 1 N–H and O–H groups in total. The molecule has 0 unspecified atom stereocenters. The summed E-state index contributed by atoms with van der Waals surface area (Å²) in [5.41, 5.74) is 1.01. The fraction of sp³-hybridized carbons (Fsp3) is 0.0909. The summed E-state index contributed by atoms with van der Waals surface area (Å²) in [4.78, 5) is 21.7. The maximum atomic E-state index is 11.1. The Hall–Kier alpha value is -2.10. The molecular formula is C11H8O4. The van der Waals surface area contributed by atoms with Crippen LogP contribution in [0.4, 0.5) is 0 Å². The third-order valence-corrected chi connectivity index (χ3v) is 2.13. The molecule has 0 atom stereocenters. The Kier molecular flexibility index (Phi) is 2.04. The van der Waals surface area contributed by atoms with Gasteiger partial charge in [0.15, 0.2) is 5.78 Å². The quantitative estimate of drug-likeness (QED) is 0.762. The molecule has 0 aliphatic rings. The number of Topliss-reactive ketones (excluding diaryl/α,β-unsaturated/α-hetero) is 1. The molecule has 1 heterocycles. The number of carbonyl (C=O) groups is 2. The molecule has 0 amide bonds. The number of fused-ring (bicyclic) bond motifs is 1. The first kappa shape index (κ1) is 9.45. The van der Waals surface area contributed by atoms with E-state index in [1.165, 1.54) is 13.0 Å². The highest BCUT2D eigenvalue weighted by Crippen LogP contribution is 2.20. The molecule has 0 saturated heterocycles. The van der Waals surface area contributed by atoms with E-state index in [2.05, 4.69) is 0 Å². The maximum absolute atomic E-state index is 11.1. The highest BCUT2D eigenvalue weighted by Gasteiger charge is 2.11. The zero-order valence-electron chi connectivity index (χ0n) is 7.98. The number of rotatable bonds is 2. The summed E-state index contributed by atoms with van der Waals surface area (Å²) in [5.74, 6) is -1.30. The van der Waals surface area contributed by atoms with Crippen LogP contribution in [0, 0.1) is 0 Å². The number of furan rings is 1. The lowest BCUT2D eigenvalue weighted by molar-refractivity contribution is 0.0664. The van der Waals surface area contributed by atoms with Crippen LogP contribution in [0.5, 0.6) is 0 Å². The van der Waals surface area contributed by atoms with E-state index in [0.29, 0.717) is 16.5 Å². The zero-order valence-corrected chi connectivity index (χ0v) is 7.98. The number of carbonyl (C=O) groups excluding carboxylic acids is 1. The van der Waals surface area contributed by atoms with E-state index < -0.39 is 5.97 Å². The zero-order chi connectivity index (χ0) is 11.0. The summed E-state index contributed by atoms with van der Waals surface area (Å²) in [5, 5.41) is 9.33. The highest BCUT2D eigenvalue weighted by atomic mass is 16.4. The van der Waals surface area contributed by atoms with Crippen LogP contribution < -0.4 is 0 Å². The standard InChI is InChI=1S/C11H8O4/c1-6(12)7-2-3-9-8(4-7)5-10(15-9)11(13)14/h2-5H,1H3,(H,13,14). The van der Waals surface area contributed by atoms with Gasteiger partial charge in [-0.3, -0.25) is 4.79 Å². The third-order valence-electron chi connectivity index (χ3n) is 2.13. The van der Waals surface area contributed by atoms with Gasteiger partial charge >= 0.3 is 5.97 Å². The second kappa shape index (κ2) is 3.24. The smallest absolute Gasteiger partial charge is 0.371 e. The van der Waals surface area contributed by atoms with E-state index in [1.54, 1.807) is 18.2 Å². The molecular weight excluding hydrogens is 196 g/mol. The number of aromatic carboxylic acids is 1. The van der Waals surface area contributed by atoms with Gasteiger partial charge in [-0.2, -0.15) is 0 Å². The summed E-state index contributed by atoms with van der Waals surface area (Å²) >= 11 is 0. The third kappa shape index (κ3) is 1.61. The molecule has 1 aromatic carbocycles. The fourth-order valence-electron chi connectivity index (χ4n) is 1.37. The predicted molar refractivity (Wildman–Crippen MR) is 53.2 cm³/mol. The minimum atomic E-state index is -1.12. The molecule has 0 fully saturated rings. The van der Waals surface area contributed by atoms with Crippen molar-refractivity contribution in [2.24, 2.45) is 0 Å². The number of carboxylic acids is 1. The van der Waals surface area contributed by atoms with Crippen LogP contribution in [0.25, 0.3) is 11.0 Å². The van der Waals surface area contributed by atoms with Crippen molar-refractivity contribution in [3.05, 3.63) is 35.6 Å². The van der Waals surface area contributed by atoms with Crippen LogP contribution in [0.3, 0.4) is 0 Å². The lowest BCUT2D eigenvalue weighted by Crippen LogP contribution is -1.91. The summed E-state index contributed by atoms with van der Waals surface area (Å²) in [7, 11) is 0. The van der Waals surface area contributed by atoms with E-state index >= 15 is 0 Å².